The molecule has 6 heteroatoms. The number of nitrogens with zero attached hydrogens (tertiary/aromatic N) is 2. The molecule has 3 rings (SSSR count). The number of ether oxygens (including phenoxy) is 1. The summed E-state index contributed by atoms with van der Waals surface area (Å²) in [5.41, 5.74) is 8.69. The van der Waals surface area contributed by atoms with Crippen LogP contribution in [0.15, 0.2) is 53.5 Å². The van der Waals surface area contributed by atoms with E-state index in [1.54, 1.807) is 7.11 Å². The van der Waals surface area contributed by atoms with E-state index in [9.17, 15) is 4.79 Å². The molecule has 0 spiro atoms. The molecule has 0 saturated carbocycles. The third-order valence-electron chi connectivity index (χ3n) is 4.58. The fraction of sp³-hybridized carbons (Fsp3) is 0.300. The van der Waals surface area contributed by atoms with E-state index in [0.29, 0.717) is 0 Å². The van der Waals surface area contributed by atoms with Crippen molar-refractivity contribution in [2.24, 2.45) is 10.7 Å². The van der Waals surface area contributed by atoms with Crippen molar-refractivity contribution in [1.29, 1.82) is 0 Å². The Morgan fingerprint density at radius 1 is 1.23 bits per heavy atom. The largest absolute Gasteiger partial charge is 0.497 e. The van der Waals surface area contributed by atoms with Crippen LogP contribution >= 0.6 is 0 Å². The lowest BCUT2D eigenvalue weighted by Crippen LogP contribution is -2.41. The highest BCUT2D eigenvalue weighted by Crippen LogP contribution is 2.37. The zero-order chi connectivity index (χ0) is 18.5. The van der Waals surface area contributed by atoms with E-state index in [1.807, 2.05) is 48.5 Å². The fourth-order valence-corrected chi connectivity index (χ4v) is 3.29. The molecular weight excluding hydrogens is 330 g/mol. The maximum Gasteiger partial charge on any atom is 0.371 e. The van der Waals surface area contributed by atoms with Crippen LogP contribution in [-0.4, -0.2) is 36.7 Å². The number of amidine groups is 1. The van der Waals surface area contributed by atoms with Crippen LogP contribution in [0.4, 0.5) is 5.69 Å². The number of rotatable bonds is 4. The molecule has 1 atom stereocenters. The molecule has 1 heterocycles. The van der Waals surface area contributed by atoms with Crippen LogP contribution in [0.2, 0.25) is 0 Å². The van der Waals surface area contributed by atoms with Crippen molar-refractivity contribution >= 4 is 17.5 Å². The molecule has 1 aliphatic rings. The average molecular weight is 353 g/mol. The van der Waals surface area contributed by atoms with Crippen molar-refractivity contribution in [1.82, 2.24) is 0 Å². The molecule has 0 aliphatic carbocycles. The highest BCUT2D eigenvalue weighted by molar-refractivity contribution is 6.33. The van der Waals surface area contributed by atoms with Gasteiger partial charge in [-0.1, -0.05) is 30.3 Å². The fourth-order valence-electron chi connectivity index (χ4n) is 3.29. The molecule has 1 aliphatic heterocycles. The molecule has 0 radical (unpaired) electrons. The Labute approximate surface area is 152 Å². The van der Waals surface area contributed by atoms with Crippen LogP contribution in [0.1, 0.15) is 19.3 Å². The summed E-state index contributed by atoms with van der Waals surface area (Å²) in [5, 5.41) is 9.08. The summed E-state index contributed by atoms with van der Waals surface area (Å²) in [6.45, 7) is 0.799. The van der Waals surface area contributed by atoms with E-state index in [2.05, 4.69) is 9.89 Å². The van der Waals surface area contributed by atoms with Gasteiger partial charge in [-0.05, 0) is 43.0 Å². The average Bonchev–Trinajstić information content (AvgIpc) is 2.68. The molecule has 136 valence electrons. The van der Waals surface area contributed by atoms with Crippen LogP contribution in [0.25, 0.3) is 11.1 Å². The number of anilines is 1. The second-order valence-corrected chi connectivity index (χ2v) is 6.24. The van der Waals surface area contributed by atoms with Gasteiger partial charge >= 0.3 is 5.97 Å². The molecule has 1 fully saturated rings. The first-order valence-corrected chi connectivity index (χ1v) is 8.67. The number of hydrogen-bond acceptors (Lipinski definition) is 4. The smallest absolute Gasteiger partial charge is 0.371 e. The van der Waals surface area contributed by atoms with Crippen LogP contribution in [0.3, 0.4) is 0 Å². The summed E-state index contributed by atoms with van der Waals surface area (Å²) in [6.07, 6.45) is 2.51. The number of benzene rings is 2. The second kappa shape index (κ2) is 7.91. The molecule has 1 unspecified atom stereocenters. The Morgan fingerprint density at radius 3 is 2.69 bits per heavy atom. The highest BCUT2D eigenvalue weighted by atomic mass is 16.5. The van der Waals surface area contributed by atoms with Crippen LogP contribution in [-0.2, 0) is 4.79 Å². The molecule has 2 aromatic carbocycles. The molecule has 0 amide bonds. The summed E-state index contributed by atoms with van der Waals surface area (Å²) in [5.74, 6) is -0.764. The second-order valence-electron chi connectivity index (χ2n) is 6.24. The first-order chi connectivity index (χ1) is 12.6. The summed E-state index contributed by atoms with van der Waals surface area (Å²) in [4.78, 5) is 17.5. The number of hydrogen-bond donors (Lipinski definition) is 2. The molecule has 0 aromatic heterocycles. The van der Waals surface area contributed by atoms with E-state index < -0.39 is 5.97 Å². The number of piperidine rings is 1. The van der Waals surface area contributed by atoms with E-state index >= 15 is 0 Å². The normalized spacial score (nSPS) is 17.8. The lowest BCUT2D eigenvalue weighted by atomic mass is 9.99. The monoisotopic (exact) mass is 353 g/mol. The quantitative estimate of drug-likeness (QED) is 0.651. The molecule has 26 heavy (non-hydrogen) atoms. The first kappa shape index (κ1) is 17.8. The van der Waals surface area contributed by atoms with Gasteiger partial charge in [-0.2, -0.15) is 0 Å². The van der Waals surface area contributed by atoms with Gasteiger partial charge in [-0.25, -0.2) is 9.79 Å². The number of aliphatic imine (C=N–C) groups is 1. The number of carbonyl (C=O) groups is 1. The van der Waals surface area contributed by atoms with Gasteiger partial charge in [0.25, 0.3) is 0 Å². The zero-order valence-electron chi connectivity index (χ0n) is 14.8. The zero-order valence-corrected chi connectivity index (χ0v) is 14.8. The number of methoxy groups -OCH3 is 1. The third kappa shape index (κ3) is 3.79. The predicted molar refractivity (Wildman–Crippen MR) is 103 cm³/mol. The molecule has 6 nitrogen and oxygen atoms in total. The molecular formula is C20H23N3O3. The van der Waals surface area contributed by atoms with Gasteiger partial charge in [0.15, 0.2) is 0 Å². The Kier molecular flexibility index (Phi) is 5.41. The van der Waals surface area contributed by atoms with E-state index in [1.165, 1.54) is 0 Å². The summed E-state index contributed by atoms with van der Waals surface area (Å²) >= 11 is 0. The van der Waals surface area contributed by atoms with Crippen molar-refractivity contribution in [3.05, 3.63) is 48.5 Å². The number of nitrogens with two attached hydrogens (primary N) is 1. The van der Waals surface area contributed by atoms with E-state index in [0.717, 1.165) is 48.4 Å². The molecule has 3 N–H and O–H groups in total. The van der Waals surface area contributed by atoms with Crippen molar-refractivity contribution in [3.8, 4) is 16.9 Å². The van der Waals surface area contributed by atoms with Gasteiger partial charge in [0.1, 0.15) is 11.9 Å². The van der Waals surface area contributed by atoms with Gasteiger partial charge in [0.05, 0.1) is 7.11 Å². The molecule has 1 saturated heterocycles. The Bertz CT molecular complexity index is 805. The van der Waals surface area contributed by atoms with Crippen LogP contribution in [0.5, 0.6) is 5.75 Å². The predicted octanol–water partition coefficient (Wildman–Crippen LogP) is 3.12. The number of carboxylic acid groups (broad SMARTS) is 1. The Hall–Kier alpha value is -3.02. The van der Waals surface area contributed by atoms with E-state index in [-0.39, 0.29) is 12.0 Å². The summed E-state index contributed by atoms with van der Waals surface area (Å²) in [7, 11) is 1.64. The topological polar surface area (TPSA) is 88.1 Å². The van der Waals surface area contributed by atoms with Crippen molar-refractivity contribution < 1.29 is 14.6 Å². The summed E-state index contributed by atoms with van der Waals surface area (Å²) < 4.78 is 5.40. The maximum atomic E-state index is 11.1. The standard InChI is InChI=1S/C20H23N3O3/c1-26-15-10-11-17(16(13-15)14-7-3-2-4-8-14)23-12-6-5-9-18(23)22-19(21)20(24)25/h2-4,7-8,10-11,13,18H,5-6,9,12H2,1H3,(H2,21,22)(H,24,25). The molecule has 2 aromatic rings. The Morgan fingerprint density at radius 2 is 2.00 bits per heavy atom. The van der Waals surface area contributed by atoms with Crippen molar-refractivity contribution in [3.63, 3.8) is 0 Å². The lowest BCUT2D eigenvalue weighted by Gasteiger charge is -2.36. The van der Waals surface area contributed by atoms with Crippen LogP contribution in [0, 0.1) is 0 Å². The van der Waals surface area contributed by atoms with Gasteiger partial charge < -0.3 is 20.5 Å². The minimum Gasteiger partial charge on any atom is -0.497 e. The molecule has 0 bridgehead atoms. The SMILES string of the molecule is COc1ccc(N2CCCCC2/N=C(\N)C(=O)O)c(-c2ccccc2)c1. The summed E-state index contributed by atoms with van der Waals surface area (Å²) in [6, 6.07) is 16.0. The van der Waals surface area contributed by atoms with Crippen LogP contribution < -0.4 is 15.4 Å². The number of aliphatic carboxylic acids is 1. The van der Waals surface area contributed by atoms with Gasteiger partial charge in [0, 0.05) is 17.8 Å². The minimum absolute atomic E-state index is 0.282. The van der Waals surface area contributed by atoms with Gasteiger partial charge in [-0.15, -0.1) is 0 Å². The van der Waals surface area contributed by atoms with Gasteiger partial charge in [0.2, 0.25) is 5.84 Å². The highest BCUT2D eigenvalue weighted by Gasteiger charge is 2.25. The van der Waals surface area contributed by atoms with E-state index in [4.69, 9.17) is 15.6 Å². The van der Waals surface area contributed by atoms with Crippen molar-refractivity contribution in [2.45, 2.75) is 25.4 Å². The number of carboxylic acids is 1. The lowest BCUT2D eigenvalue weighted by molar-refractivity contribution is -0.129. The maximum absolute atomic E-state index is 11.1. The Balaban J connectivity index is 2.06. The third-order valence-corrected chi connectivity index (χ3v) is 4.58. The van der Waals surface area contributed by atoms with Crippen molar-refractivity contribution in [2.75, 3.05) is 18.6 Å². The first-order valence-electron chi connectivity index (χ1n) is 8.67. The van der Waals surface area contributed by atoms with Gasteiger partial charge in [-0.3, -0.25) is 0 Å². The minimum atomic E-state index is -1.19.